The standard InChI is InChI=1S/C20H24N6O5/c1-3-5-10-26-18(20(29)30-4-2)16(21)17(24-26)14(28)8-9-15-23-19(25-31-15)13-7-6-12(27)11-22-13/h6-7,11,27H,3-5,8-10,21H2,1-2H3. The Balaban J connectivity index is 1.73. The minimum Gasteiger partial charge on any atom is -0.506 e. The van der Waals surface area contributed by atoms with Crippen molar-refractivity contribution >= 4 is 17.4 Å². The Morgan fingerprint density at radius 3 is 2.77 bits per heavy atom. The lowest BCUT2D eigenvalue weighted by Crippen LogP contribution is -2.15. The molecular formula is C20H24N6O5. The number of aryl methyl sites for hydroxylation is 2. The Morgan fingerprint density at radius 2 is 2.10 bits per heavy atom. The van der Waals surface area contributed by atoms with Gasteiger partial charge in [-0.05, 0) is 25.5 Å². The molecule has 0 bridgehead atoms. The largest absolute Gasteiger partial charge is 0.506 e. The average Bonchev–Trinajstić information content (AvgIpc) is 3.36. The quantitative estimate of drug-likeness (QED) is 0.362. The number of rotatable bonds is 10. The van der Waals surface area contributed by atoms with E-state index in [1.54, 1.807) is 13.0 Å². The number of Topliss-reactive ketones (excluding diaryl/α,β-unsaturated/α-hetero) is 1. The van der Waals surface area contributed by atoms with Gasteiger partial charge in [-0.2, -0.15) is 10.1 Å². The molecule has 0 atom stereocenters. The van der Waals surface area contributed by atoms with Crippen molar-refractivity contribution in [2.45, 2.75) is 46.1 Å². The Morgan fingerprint density at radius 1 is 1.29 bits per heavy atom. The summed E-state index contributed by atoms with van der Waals surface area (Å²) in [7, 11) is 0. The predicted octanol–water partition coefficient (Wildman–Crippen LogP) is 2.41. The van der Waals surface area contributed by atoms with Crippen molar-refractivity contribution in [3.63, 3.8) is 0 Å². The van der Waals surface area contributed by atoms with Gasteiger partial charge in [-0.1, -0.05) is 18.5 Å². The van der Waals surface area contributed by atoms with Gasteiger partial charge in [0.1, 0.15) is 11.4 Å². The van der Waals surface area contributed by atoms with Crippen molar-refractivity contribution in [3.05, 3.63) is 35.6 Å². The molecule has 164 valence electrons. The molecule has 0 saturated heterocycles. The van der Waals surface area contributed by atoms with Crippen LogP contribution in [0.15, 0.2) is 22.9 Å². The normalized spacial score (nSPS) is 10.9. The van der Waals surface area contributed by atoms with Gasteiger partial charge >= 0.3 is 5.97 Å². The first-order valence-corrected chi connectivity index (χ1v) is 9.99. The first kappa shape index (κ1) is 21.9. The van der Waals surface area contributed by atoms with Crippen LogP contribution in [0.1, 0.15) is 60.0 Å². The summed E-state index contributed by atoms with van der Waals surface area (Å²) in [5, 5.41) is 17.4. The molecule has 3 aromatic heterocycles. The Bertz CT molecular complexity index is 1060. The molecule has 0 aliphatic rings. The predicted molar refractivity (Wildman–Crippen MR) is 109 cm³/mol. The highest BCUT2D eigenvalue weighted by atomic mass is 16.5. The molecule has 3 rings (SSSR count). The van der Waals surface area contributed by atoms with Crippen LogP contribution in [0.3, 0.4) is 0 Å². The van der Waals surface area contributed by atoms with Crippen LogP contribution >= 0.6 is 0 Å². The molecule has 11 heteroatoms. The van der Waals surface area contributed by atoms with Gasteiger partial charge in [0.25, 0.3) is 0 Å². The molecule has 0 aromatic carbocycles. The summed E-state index contributed by atoms with van der Waals surface area (Å²) in [6, 6.07) is 3.01. The molecule has 0 amide bonds. The van der Waals surface area contributed by atoms with Crippen LogP contribution in [-0.4, -0.2) is 48.4 Å². The zero-order valence-electron chi connectivity index (χ0n) is 17.4. The number of ether oxygens (including phenoxy) is 1. The second kappa shape index (κ2) is 9.83. The molecule has 0 spiro atoms. The second-order valence-corrected chi connectivity index (χ2v) is 6.74. The number of pyridine rings is 1. The smallest absolute Gasteiger partial charge is 0.358 e. The van der Waals surface area contributed by atoms with Gasteiger partial charge in [0.15, 0.2) is 17.2 Å². The number of ketones is 1. The van der Waals surface area contributed by atoms with Crippen LogP contribution in [0, 0.1) is 0 Å². The van der Waals surface area contributed by atoms with Crippen LogP contribution in [0.25, 0.3) is 11.5 Å². The van der Waals surface area contributed by atoms with E-state index in [2.05, 4.69) is 20.2 Å². The van der Waals surface area contributed by atoms with E-state index in [0.717, 1.165) is 12.8 Å². The van der Waals surface area contributed by atoms with Crippen molar-refractivity contribution in [2.24, 2.45) is 0 Å². The van der Waals surface area contributed by atoms with E-state index in [-0.39, 0.29) is 59.8 Å². The molecule has 0 aliphatic carbocycles. The number of hydrogen-bond acceptors (Lipinski definition) is 10. The topological polar surface area (TPSA) is 159 Å². The summed E-state index contributed by atoms with van der Waals surface area (Å²) >= 11 is 0. The minimum atomic E-state index is -0.606. The first-order valence-electron chi connectivity index (χ1n) is 9.99. The fraction of sp³-hybridized carbons (Fsp3) is 0.400. The van der Waals surface area contributed by atoms with Gasteiger partial charge in [-0.25, -0.2) is 9.78 Å². The summed E-state index contributed by atoms with van der Waals surface area (Å²) < 4.78 is 11.7. The van der Waals surface area contributed by atoms with E-state index < -0.39 is 5.97 Å². The van der Waals surface area contributed by atoms with Crippen LogP contribution in [-0.2, 0) is 17.7 Å². The highest BCUT2D eigenvalue weighted by Crippen LogP contribution is 2.22. The zero-order valence-corrected chi connectivity index (χ0v) is 17.4. The summed E-state index contributed by atoms with van der Waals surface area (Å²) in [5.74, 6) is -0.439. The van der Waals surface area contributed by atoms with E-state index in [4.69, 9.17) is 15.0 Å². The summed E-state index contributed by atoms with van der Waals surface area (Å²) in [4.78, 5) is 33.2. The van der Waals surface area contributed by atoms with E-state index in [1.165, 1.54) is 16.9 Å². The maximum absolute atomic E-state index is 12.7. The number of nitrogen functional groups attached to an aromatic ring is 1. The molecule has 31 heavy (non-hydrogen) atoms. The number of nitrogens with two attached hydrogens (primary N) is 1. The van der Waals surface area contributed by atoms with Gasteiger partial charge in [0.2, 0.25) is 11.7 Å². The third-order valence-corrected chi connectivity index (χ3v) is 4.46. The number of aromatic nitrogens is 5. The van der Waals surface area contributed by atoms with E-state index in [0.29, 0.717) is 12.2 Å². The molecule has 0 aliphatic heterocycles. The summed E-state index contributed by atoms with van der Waals surface area (Å²) in [5.41, 5.74) is 6.65. The summed E-state index contributed by atoms with van der Waals surface area (Å²) in [6.07, 6.45) is 3.12. The number of aromatic hydroxyl groups is 1. The van der Waals surface area contributed by atoms with Crippen LogP contribution in [0.5, 0.6) is 5.75 Å². The molecule has 0 unspecified atom stereocenters. The molecule has 0 fully saturated rings. The van der Waals surface area contributed by atoms with Gasteiger partial charge < -0.3 is 20.1 Å². The van der Waals surface area contributed by atoms with Crippen molar-refractivity contribution in [2.75, 3.05) is 12.3 Å². The minimum absolute atomic E-state index is 0.0130. The van der Waals surface area contributed by atoms with Gasteiger partial charge in [-0.3, -0.25) is 9.48 Å². The third kappa shape index (κ3) is 5.05. The van der Waals surface area contributed by atoms with Crippen molar-refractivity contribution in [1.29, 1.82) is 0 Å². The SMILES string of the molecule is CCCCn1nc(C(=O)CCc2nc(-c3ccc(O)cn3)no2)c(N)c1C(=O)OCC. The Labute approximate surface area is 178 Å². The van der Waals surface area contributed by atoms with Crippen molar-refractivity contribution < 1.29 is 24.0 Å². The second-order valence-electron chi connectivity index (χ2n) is 6.74. The summed E-state index contributed by atoms with van der Waals surface area (Å²) in [6.45, 7) is 4.35. The van der Waals surface area contributed by atoms with Crippen LogP contribution in [0.4, 0.5) is 5.69 Å². The first-order chi connectivity index (χ1) is 14.9. The molecule has 11 nitrogen and oxygen atoms in total. The molecule has 0 radical (unpaired) electrons. The van der Waals surface area contributed by atoms with Gasteiger partial charge in [0.05, 0.1) is 18.5 Å². The average molecular weight is 428 g/mol. The maximum Gasteiger partial charge on any atom is 0.358 e. The number of esters is 1. The van der Waals surface area contributed by atoms with E-state index >= 15 is 0 Å². The van der Waals surface area contributed by atoms with Gasteiger partial charge in [-0.15, -0.1) is 0 Å². The fourth-order valence-corrected chi connectivity index (χ4v) is 2.88. The van der Waals surface area contributed by atoms with Crippen molar-refractivity contribution in [1.82, 2.24) is 24.9 Å². The number of carbonyl (C=O) groups is 2. The Kier molecular flexibility index (Phi) is 6.96. The zero-order chi connectivity index (χ0) is 22.4. The highest BCUT2D eigenvalue weighted by Gasteiger charge is 2.26. The molecule has 3 heterocycles. The van der Waals surface area contributed by atoms with Gasteiger partial charge in [0, 0.05) is 19.4 Å². The van der Waals surface area contributed by atoms with Crippen molar-refractivity contribution in [3.8, 4) is 17.3 Å². The molecule has 3 aromatic rings. The monoisotopic (exact) mass is 428 g/mol. The lowest BCUT2D eigenvalue weighted by Gasteiger charge is -2.06. The van der Waals surface area contributed by atoms with Crippen LogP contribution in [0.2, 0.25) is 0 Å². The number of nitrogens with zero attached hydrogens (tertiary/aromatic N) is 5. The Hall–Kier alpha value is -3.76. The van der Waals surface area contributed by atoms with Crippen LogP contribution < -0.4 is 5.73 Å². The molecule has 0 saturated carbocycles. The van der Waals surface area contributed by atoms with E-state index in [9.17, 15) is 14.7 Å². The lowest BCUT2D eigenvalue weighted by molar-refractivity contribution is 0.0512. The number of unbranched alkanes of at least 4 members (excludes halogenated alkanes) is 1. The molecular weight excluding hydrogens is 404 g/mol. The number of hydrogen-bond donors (Lipinski definition) is 2. The number of anilines is 1. The maximum atomic E-state index is 12.7. The lowest BCUT2D eigenvalue weighted by atomic mass is 10.1. The highest BCUT2D eigenvalue weighted by molar-refractivity contribution is 6.04. The fourth-order valence-electron chi connectivity index (χ4n) is 2.88. The molecule has 3 N–H and O–H groups in total. The van der Waals surface area contributed by atoms with E-state index in [1.807, 2.05) is 6.92 Å². The third-order valence-electron chi connectivity index (χ3n) is 4.46. The number of carbonyl (C=O) groups excluding carboxylic acids is 2.